The molecule has 5 nitrogen and oxygen atoms in total. The molecule has 2 amide bonds. The molecule has 1 aliphatic heterocycles. The maximum atomic E-state index is 11.8. The van der Waals surface area contributed by atoms with E-state index in [9.17, 15) is 9.59 Å². The van der Waals surface area contributed by atoms with E-state index in [1.165, 1.54) is 18.4 Å². The van der Waals surface area contributed by atoms with E-state index in [-0.39, 0.29) is 24.4 Å². The Morgan fingerprint density at radius 2 is 2.14 bits per heavy atom. The predicted molar refractivity (Wildman–Crippen MR) is 84.0 cm³/mol. The van der Waals surface area contributed by atoms with Crippen LogP contribution in [0.1, 0.15) is 25.3 Å². The van der Waals surface area contributed by atoms with Gasteiger partial charge in [0.25, 0.3) is 0 Å². The van der Waals surface area contributed by atoms with Gasteiger partial charge >= 0.3 is 0 Å². The molecule has 2 aliphatic rings. The first-order valence-electron chi connectivity index (χ1n) is 7.17. The van der Waals surface area contributed by atoms with E-state index >= 15 is 0 Å². The summed E-state index contributed by atoms with van der Waals surface area (Å²) in [7, 11) is 0. The number of piperazine rings is 1. The van der Waals surface area contributed by atoms with Crippen LogP contribution >= 0.6 is 15.9 Å². The number of imide groups is 1. The number of rotatable bonds is 4. The van der Waals surface area contributed by atoms with Crippen molar-refractivity contribution in [2.75, 3.05) is 11.4 Å². The van der Waals surface area contributed by atoms with Crippen molar-refractivity contribution in [3.05, 3.63) is 28.2 Å². The molecule has 6 heteroatoms. The van der Waals surface area contributed by atoms with Crippen molar-refractivity contribution in [2.45, 2.75) is 38.4 Å². The first-order valence-corrected chi connectivity index (χ1v) is 7.96. The van der Waals surface area contributed by atoms with Crippen molar-refractivity contribution in [1.29, 1.82) is 0 Å². The Bertz CT molecular complexity index is 586. The molecule has 0 radical (unpaired) electrons. The lowest BCUT2D eigenvalue weighted by Gasteiger charge is -2.34. The van der Waals surface area contributed by atoms with Crippen molar-refractivity contribution in [3.63, 3.8) is 0 Å². The summed E-state index contributed by atoms with van der Waals surface area (Å²) < 4.78 is 0.909. The summed E-state index contributed by atoms with van der Waals surface area (Å²) in [6, 6.07) is 6.38. The highest BCUT2D eigenvalue weighted by molar-refractivity contribution is 9.10. The van der Waals surface area contributed by atoms with E-state index in [1.54, 1.807) is 6.92 Å². The average Bonchev–Trinajstić information content (AvgIpc) is 3.25. The Morgan fingerprint density at radius 1 is 1.38 bits per heavy atom. The predicted octanol–water partition coefficient (Wildman–Crippen LogP) is 1.55. The summed E-state index contributed by atoms with van der Waals surface area (Å²) in [6.45, 7) is 2.85. The van der Waals surface area contributed by atoms with E-state index in [4.69, 9.17) is 0 Å². The monoisotopic (exact) mass is 351 g/mol. The zero-order valence-corrected chi connectivity index (χ0v) is 13.4. The third kappa shape index (κ3) is 3.27. The van der Waals surface area contributed by atoms with Gasteiger partial charge in [-0.05, 0) is 53.4 Å². The van der Waals surface area contributed by atoms with Crippen LogP contribution in [0.3, 0.4) is 0 Å². The van der Waals surface area contributed by atoms with E-state index in [0.717, 1.165) is 16.7 Å². The topological polar surface area (TPSA) is 61.4 Å². The van der Waals surface area contributed by atoms with Gasteiger partial charge in [0.2, 0.25) is 11.8 Å². The smallest absolute Gasteiger partial charge is 0.249 e. The molecule has 21 heavy (non-hydrogen) atoms. The molecule has 112 valence electrons. The Labute approximate surface area is 132 Å². The molecule has 1 unspecified atom stereocenters. The maximum Gasteiger partial charge on any atom is 0.249 e. The van der Waals surface area contributed by atoms with E-state index < -0.39 is 0 Å². The third-order valence-corrected chi connectivity index (χ3v) is 4.55. The minimum absolute atomic E-state index is 0.200. The molecule has 2 fully saturated rings. The van der Waals surface area contributed by atoms with Gasteiger partial charge in [0.1, 0.15) is 6.04 Å². The zero-order valence-electron chi connectivity index (χ0n) is 11.9. The molecule has 1 saturated carbocycles. The van der Waals surface area contributed by atoms with Crippen LogP contribution in [-0.2, 0) is 16.1 Å². The molecule has 0 spiro atoms. The van der Waals surface area contributed by atoms with Crippen LogP contribution in [0.5, 0.6) is 0 Å². The van der Waals surface area contributed by atoms with Crippen LogP contribution in [-0.4, -0.2) is 30.4 Å². The van der Waals surface area contributed by atoms with Gasteiger partial charge in [-0.15, -0.1) is 0 Å². The summed E-state index contributed by atoms with van der Waals surface area (Å²) in [4.78, 5) is 25.1. The maximum absolute atomic E-state index is 11.8. The van der Waals surface area contributed by atoms with Crippen molar-refractivity contribution in [3.8, 4) is 0 Å². The van der Waals surface area contributed by atoms with Gasteiger partial charge < -0.3 is 10.2 Å². The lowest BCUT2D eigenvalue weighted by Crippen LogP contribution is -2.57. The lowest BCUT2D eigenvalue weighted by molar-refractivity contribution is -0.132. The fourth-order valence-corrected chi connectivity index (χ4v) is 3.11. The Hall–Kier alpha value is -1.40. The molecule has 1 aliphatic carbocycles. The first kappa shape index (κ1) is 14.5. The van der Waals surface area contributed by atoms with Crippen LogP contribution in [0.25, 0.3) is 0 Å². The molecule has 0 aromatic heterocycles. The van der Waals surface area contributed by atoms with Crippen LogP contribution in [0.4, 0.5) is 5.69 Å². The number of carbonyl (C=O) groups excluding carboxylic acids is 2. The fraction of sp³-hybridized carbons (Fsp3) is 0.467. The molecule has 1 heterocycles. The minimum Gasteiger partial charge on any atom is -0.350 e. The number of nitrogens with one attached hydrogen (secondary N) is 2. The van der Waals surface area contributed by atoms with Gasteiger partial charge in [-0.25, -0.2) is 0 Å². The van der Waals surface area contributed by atoms with E-state index in [0.29, 0.717) is 6.04 Å². The molecule has 3 rings (SSSR count). The van der Waals surface area contributed by atoms with Crippen LogP contribution < -0.4 is 15.5 Å². The second-order valence-corrected chi connectivity index (χ2v) is 6.51. The molecular formula is C15H18BrN3O2. The summed E-state index contributed by atoms with van der Waals surface area (Å²) in [6.07, 6.45) is 2.53. The Morgan fingerprint density at radius 3 is 2.81 bits per heavy atom. The number of carbonyl (C=O) groups is 2. The quantitative estimate of drug-likeness (QED) is 0.808. The number of benzene rings is 1. The SMILES string of the molecule is CC1C(=O)NC(=O)CN1c1ccc(CNC2CC2)cc1Br. The van der Waals surface area contributed by atoms with E-state index in [1.807, 2.05) is 17.0 Å². The van der Waals surface area contributed by atoms with Gasteiger partial charge in [-0.2, -0.15) is 0 Å². The highest BCUT2D eigenvalue weighted by atomic mass is 79.9. The molecule has 2 N–H and O–H groups in total. The van der Waals surface area contributed by atoms with Crippen LogP contribution in [0, 0.1) is 0 Å². The number of nitrogens with zero attached hydrogens (tertiary/aromatic N) is 1. The second kappa shape index (κ2) is 5.77. The van der Waals surface area contributed by atoms with E-state index in [2.05, 4.69) is 32.6 Å². The summed E-state index contributed by atoms with van der Waals surface area (Å²) >= 11 is 3.56. The molecular weight excluding hydrogens is 334 g/mol. The van der Waals surface area contributed by atoms with Crippen LogP contribution in [0.2, 0.25) is 0 Å². The number of amides is 2. The Kier molecular flexibility index (Phi) is 3.99. The molecule has 1 aromatic carbocycles. The van der Waals surface area contributed by atoms with Crippen molar-refractivity contribution in [2.24, 2.45) is 0 Å². The third-order valence-electron chi connectivity index (χ3n) is 3.92. The molecule has 0 bridgehead atoms. The summed E-state index contributed by atoms with van der Waals surface area (Å²) in [5.74, 6) is -0.512. The number of halogens is 1. The average molecular weight is 352 g/mol. The van der Waals surface area contributed by atoms with Gasteiger partial charge in [0, 0.05) is 17.1 Å². The van der Waals surface area contributed by atoms with Crippen molar-refractivity contribution < 1.29 is 9.59 Å². The summed E-state index contributed by atoms with van der Waals surface area (Å²) in [5, 5.41) is 5.82. The minimum atomic E-state index is -0.352. The largest absolute Gasteiger partial charge is 0.350 e. The highest BCUT2D eigenvalue weighted by Gasteiger charge is 2.31. The van der Waals surface area contributed by atoms with Gasteiger partial charge in [0.05, 0.1) is 12.2 Å². The Balaban J connectivity index is 1.77. The lowest BCUT2D eigenvalue weighted by atomic mass is 10.1. The van der Waals surface area contributed by atoms with Gasteiger partial charge in [-0.1, -0.05) is 6.07 Å². The summed E-state index contributed by atoms with van der Waals surface area (Å²) in [5.41, 5.74) is 2.07. The molecule has 1 atom stereocenters. The second-order valence-electron chi connectivity index (χ2n) is 5.66. The van der Waals surface area contributed by atoms with Gasteiger partial charge in [-0.3, -0.25) is 14.9 Å². The number of hydrogen-bond acceptors (Lipinski definition) is 4. The first-order chi connectivity index (χ1) is 10.0. The molecule has 1 aromatic rings. The van der Waals surface area contributed by atoms with Gasteiger partial charge in [0.15, 0.2) is 0 Å². The van der Waals surface area contributed by atoms with Crippen LogP contribution in [0.15, 0.2) is 22.7 Å². The molecule has 1 saturated heterocycles. The fourth-order valence-electron chi connectivity index (χ4n) is 2.45. The van der Waals surface area contributed by atoms with Crippen molar-refractivity contribution in [1.82, 2.24) is 10.6 Å². The highest BCUT2D eigenvalue weighted by Crippen LogP contribution is 2.30. The zero-order chi connectivity index (χ0) is 15.0. The normalized spacial score (nSPS) is 22.4. The number of hydrogen-bond donors (Lipinski definition) is 2. The standard InChI is InChI=1S/C15H18BrN3O2/c1-9-15(21)18-14(20)8-19(9)13-5-2-10(6-12(13)16)7-17-11-3-4-11/h2,5-6,9,11,17H,3-4,7-8H2,1H3,(H,18,20,21). The van der Waals surface area contributed by atoms with Crippen molar-refractivity contribution >= 4 is 33.4 Å². The number of anilines is 1.